The molecule has 0 aliphatic heterocycles. The van der Waals surface area contributed by atoms with Crippen LogP contribution in [0.15, 0.2) is 71.4 Å². The molecule has 4 rings (SSSR count). The zero-order chi connectivity index (χ0) is 18.6. The number of anilines is 1. The molecule has 6 nitrogen and oxygen atoms in total. The Morgan fingerprint density at radius 1 is 1.07 bits per heavy atom. The number of furan rings is 1. The van der Waals surface area contributed by atoms with Crippen LogP contribution in [-0.4, -0.2) is 28.8 Å². The van der Waals surface area contributed by atoms with Gasteiger partial charge in [0.1, 0.15) is 23.7 Å². The Labute approximate surface area is 156 Å². The Bertz CT molecular complexity index is 1030. The van der Waals surface area contributed by atoms with Crippen molar-refractivity contribution in [2.24, 2.45) is 0 Å². The summed E-state index contributed by atoms with van der Waals surface area (Å²) in [6.45, 7) is -0.0568. The topological polar surface area (TPSA) is 80.4 Å². The number of aliphatic hydroxyl groups is 1. The second-order valence-electron chi connectivity index (χ2n) is 6.07. The fourth-order valence-corrected chi connectivity index (χ4v) is 2.95. The van der Waals surface area contributed by atoms with Crippen LogP contribution in [-0.2, 0) is 0 Å². The number of nitrogens with zero attached hydrogens (tertiary/aromatic N) is 2. The summed E-state index contributed by atoms with van der Waals surface area (Å²) in [4.78, 5) is 8.56. The predicted octanol–water partition coefficient (Wildman–Crippen LogP) is 4.04. The van der Waals surface area contributed by atoms with Crippen molar-refractivity contribution in [2.45, 2.75) is 6.04 Å². The van der Waals surface area contributed by atoms with Crippen molar-refractivity contribution in [1.82, 2.24) is 9.97 Å². The molecule has 0 aliphatic rings. The van der Waals surface area contributed by atoms with Crippen LogP contribution in [0.5, 0.6) is 5.75 Å². The summed E-state index contributed by atoms with van der Waals surface area (Å²) in [6.07, 6.45) is 1.45. The molecule has 0 spiro atoms. The number of methoxy groups -OCH3 is 1. The average molecular weight is 361 g/mol. The third-order valence-corrected chi connectivity index (χ3v) is 4.40. The zero-order valence-corrected chi connectivity index (χ0v) is 14.8. The molecule has 27 heavy (non-hydrogen) atoms. The van der Waals surface area contributed by atoms with Crippen molar-refractivity contribution < 1.29 is 14.3 Å². The smallest absolute Gasteiger partial charge is 0.231 e. The van der Waals surface area contributed by atoms with E-state index in [1.54, 1.807) is 7.11 Å². The van der Waals surface area contributed by atoms with Gasteiger partial charge >= 0.3 is 0 Å². The molecule has 2 aromatic carbocycles. The summed E-state index contributed by atoms with van der Waals surface area (Å²) < 4.78 is 11.1. The quantitative estimate of drug-likeness (QED) is 0.539. The molecule has 0 saturated carbocycles. The van der Waals surface area contributed by atoms with E-state index in [1.165, 1.54) is 6.33 Å². The highest BCUT2D eigenvalue weighted by Gasteiger charge is 2.16. The van der Waals surface area contributed by atoms with Gasteiger partial charge in [-0.1, -0.05) is 30.3 Å². The first-order valence-corrected chi connectivity index (χ1v) is 8.60. The number of aromatic nitrogens is 2. The second kappa shape index (κ2) is 7.47. The van der Waals surface area contributed by atoms with Gasteiger partial charge in [0.25, 0.3) is 0 Å². The van der Waals surface area contributed by atoms with E-state index in [0.29, 0.717) is 17.3 Å². The Hall–Kier alpha value is -3.38. The predicted molar refractivity (Wildman–Crippen MR) is 104 cm³/mol. The third-order valence-electron chi connectivity index (χ3n) is 4.40. The molecule has 0 radical (unpaired) electrons. The molecule has 0 unspecified atom stereocenters. The van der Waals surface area contributed by atoms with E-state index in [2.05, 4.69) is 15.3 Å². The molecule has 2 heterocycles. The first-order valence-electron chi connectivity index (χ1n) is 8.60. The van der Waals surface area contributed by atoms with Gasteiger partial charge < -0.3 is 19.6 Å². The normalized spacial score (nSPS) is 12.1. The lowest BCUT2D eigenvalue weighted by atomic mass is 10.1. The van der Waals surface area contributed by atoms with E-state index in [9.17, 15) is 5.11 Å². The van der Waals surface area contributed by atoms with Crippen LogP contribution in [0.25, 0.3) is 22.4 Å². The van der Waals surface area contributed by atoms with E-state index in [4.69, 9.17) is 9.15 Å². The summed E-state index contributed by atoms with van der Waals surface area (Å²) >= 11 is 0. The van der Waals surface area contributed by atoms with Crippen LogP contribution in [0.3, 0.4) is 0 Å². The number of rotatable bonds is 6. The van der Waals surface area contributed by atoms with Gasteiger partial charge in [-0.15, -0.1) is 0 Å². The highest BCUT2D eigenvalue weighted by Crippen LogP contribution is 2.32. The SMILES string of the molecule is COc1ccc(-c2cc3c(N[C@H](CO)c4ccccc4)ncnc3o2)cc1. The Morgan fingerprint density at radius 2 is 1.85 bits per heavy atom. The fourth-order valence-electron chi connectivity index (χ4n) is 2.95. The standard InChI is InChI=1S/C21H19N3O3/c1-26-16-9-7-15(8-10-16)19-11-17-20(22-13-23-21(17)27-19)24-18(12-25)14-5-3-2-4-6-14/h2-11,13,18,25H,12H2,1H3,(H,22,23,24)/t18-/m1/s1. The number of hydrogen-bond acceptors (Lipinski definition) is 6. The van der Waals surface area contributed by atoms with Crippen molar-refractivity contribution >= 4 is 16.9 Å². The van der Waals surface area contributed by atoms with Crippen molar-refractivity contribution in [3.8, 4) is 17.1 Å². The maximum absolute atomic E-state index is 9.80. The van der Waals surface area contributed by atoms with E-state index >= 15 is 0 Å². The minimum Gasteiger partial charge on any atom is -0.497 e. The van der Waals surface area contributed by atoms with Gasteiger partial charge in [-0.05, 0) is 35.9 Å². The van der Waals surface area contributed by atoms with Crippen LogP contribution in [0, 0.1) is 0 Å². The van der Waals surface area contributed by atoms with Crippen LogP contribution in [0.1, 0.15) is 11.6 Å². The molecule has 0 aliphatic carbocycles. The van der Waals surface area contributed by atoms with Crippen LogP contribution >= 0.6 is 0 Å². The lowest BCUT2D eigenvalue weighted by molar-refractivity contribution is 0.276. The van der Waals surface area contributed by atoms with Gasteiger partial charge in [-0.2, -0.15) is 0 Å². The average Bonchev–Trinajstić information content (AvgIpc) is 3.18. The monoisotopic (exact) mass is 361 g/mol. The maximum Gasteiger partial charge on any atom is 0.231 e. The molecule has 2 N–H and O–H groups in total. The molecule has 4 aromatic rings. The Morgan fingerprint density at radius 3 is 2.56 bits per heavy atom. The number of benzene rings is 2. The van der Waals surface area contributed by atoms with Crippen LogP contribution in [0.4, 0.5) is 5.82 Å². The largest absolute Gasteiger partial charge is 0.497 e. The Kier molecular flexibility index (Phi) is 4.72. The van der Waals surface area contributed by atoms with Gasteiger partial charge in [-0.25, -0.2) is 9.97 Å². The van der Waals surface area contributed by atoms with Crippen LogP contribution < -0.4 is 10.1 Å². The molecule has 136 valence electrons. The van der Waals surface area contributed by atoms with Gasteiger partial charge in [-0.3, -0.25) is 0 Å². The fraction of sp³-hybridized carbons (Fsp3) is 0.143. The number of hydrogen-bond donors (Lipinski definition) is 2. The summed E-state index contributed by atoms with van der Waals surface area (Å²) in [5, 5.41) is 13.9. The highest BCUT2D eigenvalue weighted by molar-refractivity contribution is 5.89. The molecular formula is C21H19N3O3. The third kappa shape index (κ3) is 3.47. The zero-order valence-electron chi connectivity index (χ0n) is 14.8. The van der Waals surface area contributed by atoms with Gasteiger partial charge in [0.15, 0.2) is 0 Å². The number of aliphatic hydroxyl groups excluding tert-OH is 1. The van der Waals surface area contributed by atoms with Crippen molar-refractivity contribution in [1.29, 1.82) is 0 Å². The summed E-state index contributed by atoms with van der Waals surface area (Å²) in [5.41, 5.74) is 2.38. The molecule has 1 atom stereocenters. The molecule has 0 saturated heterocycles. The summed E-state index contributed by atoms with van der Waals surface area (Å²) in [5.74, 6) is 2.09. The van der Waals surface area contributed by atoms with Gasteiger partial charge in [0, 0.05) is 5.56 Å². The number of nitrogens with one attached hydrogen (secondary N) is 1. The second-order valence-corrected chi connectivity index (χ2v) is 6.07. The van der Waals surface area contributed by atoms with Crippen LogP contribution in [0.2, 0.25) is 0 Å². The highest BCUT2D eigenvalue weighted by atomic mass is 16.5. The van der Waals surface area contributed by atoms with Crippen molar-refractivity contribution in [3.05, 3.63) is 72.6 Å². The minimum absolute atomic E-state index is 0.0568. The molecule has 0 fully saturated rings. The van der Waals surface area contributed by atoms with Gasteiger partial charge in [0.2, 0.25) is 5.71 Å². The number of fused-ring (bicyclic) bond motifs is 1. The van der Waals surface area contributed by atoms with E-state index in [1.807, 2.05) is 60.7 Å². The van der Waals surface area contributed by atoms with Crippen molar-refractivity contribution in [2.75, 3.05) is 19.0 Å². The lowest BCUT2D eigenvalue weighted by Gasteiger charge is -2.17. The summed E-state index contributed by atoms with van der Waals surface area (Å²) in [7, 11) is 1.63. The lowest BCUT2D eigenvalue weighted by Crippen LogP contribution is -2.15. The van der Waals surface area contributed by atoms with Gasteiger partial charge in [0.05, 0.1) is 25.1 Å². The minimum atomic E-state index is -0.274. The maximum atomic E-state index is 9.80. The van der Waals surface area contributed by atoms with E-state index < -0.39 is 0 Å². The molecular weight excluding hydrogens is 342 g/mol. The summed E-state index contributed by atoms with van der Waals surface area (Å²) in [6, 6.07) is 19.0. The molecule has 6 heteroatoms. The Balaban J connectivity index is 1.68. The molecule has 2 aromatic heterocycles. The first kappa shape index (κ1) is 17.1. The number of ether oxygens (including phenoxy) is 1. The van der Waals surface area contributed by atoms with E-state index in [0.717, 1.165) is 22.3 Å². The van der Waals surface area contributed by atoms with E-state index in [-0.39, 0.29) is 12.6 Å². The molecule has 0 amide bonds. The van der Waals surface area contributed by atoms with Crippen molar-refractivity contribution in [3.63, 3.8) is 0 Å². The first-order chi connectivity index (χ1) is 13.3. The molecule has 0 bridgehead atoms.